The number of nitrogen functional groups attached to an aromatic ring is 1. The fraction of sp³-hybridized carbons (Fsp3) is 0. The summed E-state index contributed by atoms with van der Waals surface area (Å²) in [5, 5.41) is 0. The molecule has 0 aliphatic rings. The molecule has 0 saturated heterocycles. The lowest BCUT2D eigenvalue weighted by Crippen LogP contribution is -1.87. The normalized spacial score (nSPS) is 14.2. The quantitative estimate of drug-likeness (QED) is 0.578. The molecule has 2 N–H and O–H groups in total. The van der Waals surface area contributed by atoms with E-state index in [1.165, 1.54) is 0 Å². The zero-order valence-corrected chi connectivity index (χ0v) is 8.08. The summed E-state index contributed by atoms with van der Waals surface area (Å²) in [5.74, 6) is 0. The molecule has 48 valence electrons. The molecule has 1 nitrogen and oxygen atoms in total. The van der Waals surface area contributed by atoms with E-state index in [0.717, 1.165) is 0 Å². The predicted octanol–water partition coefficient (Wildman–Crippen LogP) is 2.64. The summed E-state index contributed by atoms with van der Waals surface area (Å²) in [7, 11) is 0. The average Bonchev–Trinajstić information content (AvgIpc) is 2.08. The van der Waals surface area contributed by atoms with Crippen molar-refractivity contribution >= 4 is 44.2 Å². The van der Waals surface area contributed by atoms with E-state index in [0.29, 0.717) is 3.57 Å². The highest BCUT2D eigenvalue weighted by Gasteiger charge is 1.92. The second-order valence-electron chi connectivity index (χ2n) is 1.42. The molecule has 0 atom stereocenters. The van der Waals surface area contributed by atoms with Crippen LogP contribution < -0.4 is 5.73 Å². The van der Waals surface area contributed by atoms with E-state index in [-0.39, 0.29) is 28.3 Å². The number of nitrogens with two attached hydrogens (primary N) is 1. The predicted molar refractivity (Wildman–Crippen MR) is 51.3 cm³/mol. The molecule has 1 rings (SSSR count). The Morgan fingerprint density at radius 2 is 2.33 bits per heavy atom. The molecular formula is C6H5BrIN. The van der Waals surface area contributed by atoms with Crippen molar-refractivity contribution in [3.8, 4) is 0 Å². The molecule has 0 radical (unpaired) electrons. The molecule has 0 spiro atoms. The van der Waals surface area contributed by atoms with Gasteiger partial charge in [-0.25, -0.2) is 0 Å². The maximum atomic E-state index is 7.44. The van der Waals surface area contributed by atoms with Crippen LogP contribution in [0, 0.1) is 3.57 Å². The van der Waals surface area contributed by atoms with Gasteiger partial charge in [-0.2, -0.15) is 0 Å². The van der Waals surface area contributed by atoms with Crippen LogP contribution in [0.1, 0.15) is 4.11 Å². The Balaban J connectivity index is 3.60. The van der Waals surface area contributed by atoms with Crippen LogP contribution in [0.25, 0.3) is 0 Å². The van der Waals surface area contributed by atoms with E-state index in [2.05, 4.69) is 15.9 Å². The SMILES string of the molecule is [2H]c1c([2H])c(I)c(N)c([2H])c1Br. The van der Waals surface area contributed by atoms with E-state index in [1.54, 1.807) is 0 Å². The lowest BCUT2D eigenvalue weighted by molar-refractivity contribution is 1.59. The molecule has 0 fully saturated rings. The van der Waals surface area contributed by atoms with Gasteiger partial charge in [-0.3, -0.25) is 0 Å². The third kappa shape index (κ3) is 1.82. The first-order valence-corrected chi connectivity index (χ1v) is 4.04. The van der Waals surface area contributed by atoms with Crippen molar-refractivity contribution in [2.45, 2.75) is 0 Å². The fourth-order valence-corrected chi connectivity index (χ4v) is 0.964. The van der Waals surface area contributed by atoms with E-state index in [9.17, 15) is 0 Å². The number of rotatable bonds is 0. The highest BCUT2D eigenvalue weighted by Crippen LogP contribution is 2.19. The molecule has 9 heavy (non-hydrogen) atoms. The Hall–Kier alpha value is 0.230. The first-order chi connectivity index (χ1) is 5.46. The molecule has 0 aliphatic carbocycles. The average molecular weight is 301 g/mol. The molecule has 0 aliphatic heterocycles. The lowest BCUT2D eigenvalue weighted by atomic mass is 10.3. The molecule has 0 bridgehead atoms. The molecule has 0 heterocycles. The van der Waals surface area contributed by atoms with Crippen molar-refractivity contribution in [2.75, 3.05) is 5.73 Å². The van der Waals surface area contributed by atoms with Gasteiger partial charge in [0.05, 0.1) is 4.11 Å². The zero-order chi connectivity index (χ0) is 9.46. The number of hydrogen-bond acceptors (Lipinski definition) is 1. The van der Waals surface area contributed by atoms with Gasteiger partial charge in [0, 0.05) is 13.7 Å². The van der Waals surface area contributed by atoms with Crippen molar-refractivity contribution in [1.82, 2.24) is 0 Å². The third-order valence-electron chi connectivity index (χ3n) is 0.763. The van der Waals surface area contributed by atoms with Gasteiger partial charge in [-0.1, -0.05) is 15.9 Å². The Bertz CT molecular complexity index is 237. The summed E-state index contributed by atoms with van der Waals surface area (Å²) in [4.78, 5) is 0. The minimum absolute atomic E-state index is 0.0126. The van der Waals surface area contributed by atoms with Gasteiger partial charge in [-0.15, -0.1) is 0 Å². The Morgan fingerprint density at radius 1 is 1.67 bits per heavy atom. The second-order valence-corrected chi connectivity index (χ2v) is 3.29. The molecule has 0 aromatic heterocycles. The molecule has 3 heteroatoms. The number of halogens is 2. The summed E-state index contributed by atoms with van der Waals surface area (Å²) in [6.07, 6.45) is 0. The van der Waals surface area contributed by atoms with Crippen LogP contribution in [-0.2, 0) is 0 Å². The highest BCUT2D eigenvalue weighted by molar-refractivity contribution is 14.1. The van der Waals surface area contributed by atoms with Crippen LogP contribution in [0.5, 0.6) is 0 Å². The molecule has 0 amide bonds. The molecule has 0 saturated carbocycles. The third-order valence-corrected chi connectivity index (χ3v) is 2.01. The largest absolute Gasteiger partial charge is 0.398 e. The smallest absolute Gasteiger partial charge is 0.0657 e. The Morgan fingerprint density at radius 3 is 3.00 bits per heavy atom. The summed E-state index contributed by atoms with van der Waals surface area (Å²) in [6, 6.07) is 0.162. The summed E-state index contributed by atoms with van der Waals surface area (Å²) < 4.78 is 23.0. The summed E-state index contributed by atoms with van der Waals surface area (Å²) in [6.45, 7) is 0. The van der Waals surface area contributed by atoms with Crippen LogP contribution in [0.2, 0.25) is 0 Å². The van der Waals surface area contributed by atoms with Gasteiger partial charge in [-0.05, 0) is 40.7 Å². The van der Waals surface area contributed by atoms with Crippen molar-refractivity contribution in [3.05, 3.63) is 26.2 Å². The monoisotopic (exact) mass is 300 g/mol. The number of hydrogen-bond donors (Lipinski definition) is 1. The molecule has 1 aromatic carbocycles. The minimum Gasteiger partial charge on any atom is -0.398 e. The van der Waals surface area contributed by atoms with E-state index in [4.69, 9.17) is 9.85 Å². The van der Waals surface area contributed by atoms with E-state index >= 15 is 0 Å². The number of benzene rings is 1. The fourth-order valence-electron chi connectivity index (χ4n) is 0.381. The van der Waals surface area contributed by atoms with Gasteiger partial charge in [0.2, 0.25) is 0 Å². The Kier molecular flexibility index (Phi) is 1.34. The maximum Gasteiger partial charge on any atom is 0.0657 e. The first-order valence-electron chi connectivity index (χ1n) is 3.67. The molecule has 0 unspecified atom stereocenters. The van der Waals surface area contributed by atoms with Gasteiger partial charge < -0.3 is 5.73 Å². The highest BCUT2D eigenvalue weighted by atomic mass is 127. The van der Waals surface area contributed by atoms with Gasteiger partial charge in [0.1, 0.15) is 0 Å². The van der Waals surface area contributed by atoms with Crippen LogP contribution >= 0.6 is 38.5 Å². The van der Waals surface area contributed by atoms with Gasteiger partial charge in [0.25, 0.3) is 0 Å². The van der Waals surface area contributed by atoms with E-state index < -0.39 is 0 Å². The topological polar surface area (TPSA) is 26.0 Å². The van der Waals surface area contributed by atoms with Crippen molar-refractivity contribution < 1.29 is 4.11 Å². The second kappa shape index (κ2) is 2.88. The molecular weight excluding hydrogens is 293 g/mol. The lowest BCUT2D eigenvalue weighted by Gasteiger charge is -1.95. The van der Waals surface area contributed by atoms with Crippen LogP contribution in [-0.4, -0.2) is 0 Å². The standard InChI is InChI=1S/C6H5BrIN/c7-4-1-2-5(8)6(9)3-4/h1-3H,9H2/i1D,2D,3D. The Labute approximate surface area is 80.1 Å². The van der Waals surface area contributed by atoms with Crippen molar-refractivity contribution in [2.24, 2.45) is 0 Å². The van der Waals surface area contributed by atoms with Crippen LogP contribution in [0.4, 0.5) is 5.69 Å². The van der Waals surface area contributed by atoms with Crippen LogP contribution in [0.15, 0.2) is 22.6 Å². The van der Waals surface area contributed by atoms with Gasteiger partial charge in [0.15, 0.2) is 0 Å². The van der Waals surface area contributed by atoms with Gasteiger partial charge >= 0.3 is 0 Å². The number of anilines is 1. The summed E-state index contributed by atoms with van der Waals surface area (Å²) in [5.41, 5.74) is 5.78. The maximum absolute atomic E-state index is 7.44. The van der Waals surface area contributed by atoms with Crippen molar-refractivity contribution in [3.63, 3.8) is 0 Å². The molecule has 1 aromatic rings. The van der Waals surface area contributed by atoms with E-state index in [1.807, 2.05) is 22.6 Å². The van der Waals surface area contributed by atoms with Crippen molar-refractivity contribution in [1.29, 1.82) is 0 Å². The zero-order valence-electron chi connectivity index (χ0n) is 7.33. The minimum atomic E-state index is 0.0126. The summed E-state index contributed by atoms with van der Waals surface area (Å²) >= 11 is 4.90. The van der Waals surface area contributed by atoms with Crippen LogP contribution in [0.3, 0.4) is 0 Å². The first kappa shape index (κ1) is 4.18.